The summed E-state index contributed by atoms with van der Waals surface area (Å²) in [5.74, 6) is -0.438. The third-order valence-electron chi connectivity index (χ3n) is 4.55. The summed E-state index contributed by atoms with van der Waals surface area (Å²) in [6.07, 6.45) is 0. The quantitative estimate of drug-likeness (QED) is 0.172. The Morgan fingerprint density at radius 1 is 1.23 bits per heavy atom. The SMILES string of the molecule is CC(CSc1ccccc1)=C(C(=O)OCc1ccc([N+](=O)[O-])cc1)N1CC(N)C1=O. The first-order chi connectivity index (χ1) is 14.4. The first-order valence-corrected chi connectivity index (χ1v) is 10.2. The first-order valence-electron chi connectivity index (χ1n) is 9.22. The Labute approximate surface area is 177 Å². The molecular weight excluding hydrogens is 406 g/mol. The van der Waals surface area contributed by atoms with Crippen LogP contribution in [0.1, 0.15) is 12.5 Å². The van der Waals surface area contributed by atoms with Crippen LogP contribution in [0.3, 0.4) is 0 Å². The number of esters is 1. The molecule has 0 aliphatic carbocycles. The summed E-state index contributed by atoms with van der Waals surface area (Å²) in [5, 5.41) is 10.7. The molecule has 30 heavy (non-hydrogen) atoms. The number of hydrogen-bond acceptors (Lipinski definition) is 7. The molecule has 2 aromatic rings. The molecule has 2 aromatic carbocycles. The smallest absolute Gasteiger partial charge is 0.355 e. The molecule has 0 bridgehead atoms. The zero-order chi connectivity index (χ0) is 21.7. The first kappa shape index (κ1) is 21.5. The maximum atomic E-state index is 12.8. The van der Waals surface area contributed by atoms with Crippen LogP contribution in [-0.2, 0) is 20.9 Å². The van der Waals surface area contributed by atoms with Crippen molar-refractivity contribution in [3.63, 3.8) is 0 Å². The van der Waals surface area contributed by atoms with E-state index in [1.165, 1.54) is 29.2 Å². The number of carbonyl (C=O) groups is 2. The number of nitro benzene ring substituents is 1. The third-order valence-corrected chi connectivity index (χ3v) is 5.73. The summed E-state index contributed by atoms with van der Waals surface area (Å²) in [6.45, 7) is 1.98. The Hall–Kier alpha value is -3.17. The fourth-order valence-corrected chi connectivity index (χ4v) is 3.75. The number of benzene rings is 2. The number of nitrogens with two attached hydrogens (primary N) is 1. The van der Waals surface area contributed by atoms with E-state index < -0.39 is 16.9 Å². The van der Waals surface area contributed by atoms with Crippen molar-refractivity contribution in [3.8, 4) is 0 Å². The highest BCUT2D eigenvalue weighted by Gasteiger charge is 2.39. The van der Waals surface area contributed by atoms with Crippen molar-refractivity contribution in [2.24, 2.45) is 5.73 Å². The maximum absolute atomic E-state index is 12.8. The molecule has 2 N–H and O–H groups in total. The molecule has 0 aromatic heterocycles. The lowest BCUT2D eigenvalue weighted by Crippen LogP contribution is -2.61. The second-order valence-corrected chi connectivity index (χ2v) is 7.83. The van der Waals surface area contributed by atoms with Crippen LogP contribution in [0.5, 0.6) is 0 Å². The zero-order valence-corrected chi connectivity index (χ0v) is 17.1. The van der Waals surface area contributed by atoms with E-state index in [0.717, 1.165) is 4.90 Å². The van der Waals surface area contributed by atoms with Crippen LogP contribution in [-0.4, -0.2) is 40.0 Å². The molecule has 0 spiro atoms. The normalized spacial score (nSPS) is 16.5. The van der Waals surface area contributed by atoms with Crippen LogP contribution >= 0.6 is 11.8 Å². The van der Waals surface area contributed by atoms with Gasteiger partial charge in [0.05, 0.1) is 11.5 Å². The van der Waals surface area contributed by atoms with Gasteiger partial charge >= 0.3 is 5.97 Å². The number of hydrogen-bond donors (Lipinski definition) is 1. The van der Waals surface area contributed by atoms with Crippen LogP contribution in [0, 0.1) is 10.1 Å². The summed E-state index contributed by atoms with van der Waals surface area (Å²) in [4.78, 5) is 37.6. The molecule has 0 radical (unpaired) electrons. The number of rotatable bonds is 8. The Kier molecular flexibility index (Phi) is 6.86. The van der Waals surface area contributed by atoms with Gasteiger partial charge in [-0.1, -0.05) is 18.2 Å². The summed E-state index contributed by atoms with van der Waals surface area (Å²) < 4.78 is 5.39. The number of ether oxygens (including phenoxy) is 1. The predicted molar refractivity (Wildman–Crippen MR) is 112 cm³/mol. The van der Waals surface area contributed by atoms with E-state index >= 15 is 0 Å². The number of nitrogens with zero attached hydrogens (tertiary/aromatic N) is 2. The maximum Gasteiger partial charge on any atom is 0.355 e. The van der Waals surface area contributed by atoms with Gasteiger partial charge in [-0.25, -0.2) is 4.79 Å². The molecule has 1 amide bonds. The minimum Gasteiger partial charge on any atom is -0.456 e. The molecule has 1 heterocycles. The van der Waals surface area contributed by atoms with Gasteiger partial charge in [0.15, 0.2) is 0 Å². The summed E-state index contributed by atoms with van der Waals surface area (Å²) in [5.41, 5.74) is 7.17. The topological polar surface area (TPSA) is 116 Å². The Morgan fingerprint density at radius 2 is 1.90 bits per heavy atom. The monoisotopic (exact) mass is 427 g/mol. The lowest BCUT2D eigenvalue weighted by molar-refractivity contribution is -0.384. The minimum atomic E-state index is -0.625. The van der Waals surface area contributed by atoms with Gasteiger partial charge in [0.1, 0.15) is 18.3 Å². The standard InChI is InChI=1S/C21H21N3O5S/c1-14(13-30-17-5-3-2-4-6-17)19(23-11-18(22)20(23)25)21(26)29-12-15-7-9-16(10-8-15)24(27)28/h2-10,18H,11-13,22H2,1H3. The molecule has 1 aliphatic rings. The zero-order valence-electron chi connectivity index (χ0n) is 16.3. The molecule has 156 valence electrons. The largest absolute Gasteiger partial charge is 0.456 e. The van der Waals surface area contributed by atoms with Crippen LogP contribution in [0.4, 0.5) is 5.69 Å². The van der Waals surface area contributed by atoms with E-state index in [4.69, 9.17) is 10.5 Å². The molecule has 9 heteroatoms. The molecule has 1 fully saturated rings. The number of likely N-dealkylation sites (tertiary alicyclic amines) is 1. The van der Waals surface area contributed by atoms with Crippen LogP contribution in [0.2, 0.25) is 0 Å². The van der Waals surface area contributed by atoms with Crippen molar-refractivity contribution in [2.45, 2.75) is 24.5 Å². The highest BCUT2D eigenvalue weighted by atomic mass is 32.2. The van der Waals surface area contributed by atoms with Gasteiger partial charge in [-0.15, -0.1) is 11.8 Å². The summed E-state index contributed by atoms with van der Waals surface area (Å²) in [7, 11) is 0. The van der Waals surface area contributed by atoms with Crippen molar-refractivity contribution >= 4 is 29.3 Å². The van der Waals surface area contributed by atoms with Crippen molar-refractivity contribution in [1.29, 1.82) is 0 Å². The van der Waals surface area contributed by atoms with E-state index in [1.807, 2.05) is 30.3 Å². The van der Waals surface area contributed by atoms with E-state index in [0.29, 0.717) is 16.9 Å². The molecule has 1 saturated heterocycles. The number of carbonyl (C=O) groups excluding carboxylic acids is 2. The van der Waals surface area contributed by atoms with Crippen molar-refractivity contribution in [2.75, 3.05) is 12.3 Å². The molecule has 1 aliphatic heterocycles. The molecule has 1 atom stereocenters. The Bertz CT molecular complexity index is 976. The highest BCUT2D eigenvalue weighted by molar-refractivity contribution is 7.99. The van der Waals surface area contributed by atoms with Gasteiger partial charge < -0.3 is 15.4 Å². The predicted octanol–water partition coefficient (Wildman–Crippen LogP) is 2.87. The average molecular weight is 427 g/mol. The molecule has 8 nitrogen and oxygen atoms in total. The second kappa shape index (κ2) is 9.55. The molecule has 0 saturated carbocycles. The van der Waals surface area contributed by atoms with E-state index in [1.54, 1.807) is 18.7 Å². The fourth-order valence-electron chi connectivity index (χ4n) is 2.88. The van der Waals surface area contributed by atoms with Crippen LogP contribution in [0.15, 0.2) is 70.8 Å². The van der Waals surface area contributed by atoms with E-state index in [9.17, 15) is 19.7 Å². The van der Waals surface area contributed by atoms with Crippen LogP contribution in [0.25, 0.3) is 0 Å². The number of β-lactam (4-membered cyclic amide) rings is 1. The number of non-ortho nitro benzene ring substituents is 1. The molecular formula is C21H21N3O5S. The lowest BCUT2D eigenvalue weighted by atomic mass is 10.1. The van der Waals surface area contributed by atoms with Crippen LogP contribution < -0.4 is 5.73 Å². The van der Waals surface area contributed by atoms with Crippen molar-refractivity contribution in [3.05, 3.63) is 81.5 Å². The number of amides is 1. The van der Waals surface area contributed by atoms with Gasteiger partial charge in [-0.05, 0) is 42.3 Å². The fraction of sp³-hybridized carbons (Fsp3) is 0.238. The second-order valence-electron chi connectivity index (χ2n) is 6.79. The van der Waals surface area contributed by atoms with E-state index in [2.05, 4.69) is 0 Å². The van der Waals surface area contributed by atoms with Crippen molar-refractivity contribution in [1.82, 2.24) is 4.90 Å². The Morgan fingerprint density at radius 3 is 2.47 bits per heavy atom. The minimum absolute atomic E-state index is 0.0420. The lowest BCUT2D eigenvalue weighted by Gasteiger charge is -2.37. The average Bonchev–Trinajstić information content (AvgIpc) is 2.76. The molecule has 1 unspecified atom stereocenters. The number of nitro groups is 1. The third kappa shape index (κ3) is 5.05. The van der Waals surface area contributed by atoms with Gasteiger partial charge in [-0.2, -0.15) is 0 Å². The van der Waals surface area contributed by atoms with Gasteiger partial charge in [0.25, 0.3) is 5.69 Å². The van der Waals surface area contributed by atoms with Gasteiger partial charge in [-0.3, -0.25) is 14.9 Å². The summed E-state index contributed by atoms with van der Waals surface area (Å²) in [6, 6.07) is 14.8. The number of thioether (sulfide) groups is 1. The van der Waals surface area contributed by atoms with Gasteiger partial charge in [0, 0.05) is 22.8 Å². The Balaban J connectivity index is 1.71. The molecule has 3 rings (SSSR count). The van der Waals surface area contributed by atoms with E-state index in [-0.39, 0.29) is 30.4 Å². The summed E-state index contributed by atoms with van der Waals surface area (Å²) >= 11 is 1.55. The van der Waals surface area contributed by atoms with Gasteiger partial charge in [0.2, 0.25) is 5.91 Å². The highest BCUT2D eigenvalue weighted by Crippen LogP contribution is 2.26. The van der Waals surface area contributed by atoms with Crippen molar-refractivity contribution < 1.29 is 19.2 Å².